The molecule has 17 heavy (non-hydrogen) atoms. The van der Waals surface area contributed by atoms with E-state index < -0.39 is 0 Å². The Labute approximate surface area is 103 Å². The minimum atomic E-state index is 0.246. The lowest BCUT2D eigenvalue weighted by molar-refractivity contribution is -0.130. The molecule has 0 bridgehead atoms. The van der Waals surface area contributed by atoms with E-state index in [9.17, 15) is 4.79 Å². The number of rotatable bonds is 3. The van der Waals surface area contributed by atoms with Crippen LogP contribution in [0.5, 0.6) is 0 Å². The van der Waals surface area contributed by atoms with E-state index in [0.717, 1.165) is 30.5 Å². The van der Waals surface area contributed by atoms with Crippen molar-refractivity contribution in [2.75, 3.05) is 6.54 Å². The van der Waals surface area contributed by atoms with Gasteiger partial charge in [0, 0.05) is 19.1 Å². The molecule has 92 valence electrons. The van der Waals surface area contributed by atoms with Crippen molar-refractivity contribution in [3.8, 4) is 0 Å². The summed E-state index contributed by atoms with van der Waals surface area (Å²) in [6, 6.07) is 8.40. The molecule has 1 aliphatic heterocycles. The van der Waals surface area contributed by atoms with E-state index in [1.165, 1.54) is 0 Å². The number of benzene rings is 1. The van der Waals surface area contributed by atoms with Gasteiger partial charge >= 0.3 is 0 Å². The maximum absolute atomic E-state index is 12.1. The average Bonchev–Trinajstić information content (AvgIpc) is 2.76. The second kappa shape index (κ2) is 5.32. The summed E-state index contributed by atoms with van der Waals surface area (Å²) >= 11 is 0. The van der Waals surface area contributed by atoms with Crippen LogP contribution in [0.3, 0.4) is 0 Å². The second-order valence-corrected chi connectivity index (χ2v) is 4.78. The summed E-state index contributed by atoms with van der Waals surface area (Å²) < 4.78 is 0. The van der Waals surface area contributed by atoms with E-state index in [1.807, 2.05) is 29.2 Å². The van der Waals surface area contributed by atoms with E-state index >= 15 is 0 Å². The molecule has 0 spiro atoms. The lowest BCUT2D eigenvalue weighted by Gasteiger charge is -2.21. The first-order valence-corrected chi connectivity index (χ1v) is 6.28. The SMILES string of the molecule is CC1CCCN1C(=O)Cc1ccc(CN)cc1. The van der Waals surface area contributed by atoms with Crippen LogP contribution in [0.1, 0.15) is 30.9 Å². The van der Waals surface area contributed by atoms with Crippen LogP contribution in [0.2, 0.25) is 0 Å². The molecule has 1 aromatic carbocycles. The van der Waals surface area contributed by atoms with Gasteiger partial charge in [-0.05, 0) is 30.9 Å². The molecule has 2 N–H and O–H groups in total. The number of hydrogen-bond donors (Lipinski definition) is 1. The first kappa shape index (κ1) is 12.1. The van der Waals surface area contributed by atoms with Crippen LogP contribution in [0.15, 0.2) is 24.3 Å². The van der Waals surface area contributed by atoms with Crippen LogP contribution in [-0.4, -0.2) is 23.4 Å². The summed E-state index contributed by atoms with van der Waals surface area (Å²) in [4.78, 5) is 14.1. The molecule has 0 saturated carbocycles. The number of nitrogens with two attached hydrogens (primary N) is 1. The summed E-state index contributed by atoms with van der Waals surface area (Å²) in [7, 11) is 0. The molecule has 1 amide bonds. The molecule has 0 aromatic heterocycles. The highest BCUT2D eigenvalue weighted by Gasteiger charge is 2.24. The molecule has 1 unspecified atom stereocenters. The molecule has 3 nitrogen and oxygen atoms in total. The Morgan fingerprint density at radius 3 is 2.53 bits per heavy atom. The van der Waals surface area contributed by atoms with E-state index in [-0.39, 0.29) is 5.91 Å². The Bertz CT molecular complexity index is 386. The largest absolute Gasteiger partial charge is 0.340 e. The van der Waals surface area contributed by atoms with Crippen molar-refractivity contribution < 1.29 is 4.79 Å². The number of carbonyl (C=O) groups is 1. The highest BCUT2D eigenvalue weighted by atomic mass is 16.2. The van der Waals surface area contributed by atoms with Crippen molar-refractivity contribution in [3.05, 3.63) is 35.4 Å². The Hall–Kier alpha value is -1.35. The van der Waals surface area contributed by atoms with Gasteiger partial charge in [-0.3, -0.25) is 4.79 Å². The van der Waals surface area contributed by atoms with Crippen molar-refractivity contribution in [1.82, 2.24) is 4.90 Å². The van der Waals surface area contributed by atoms with Crippen molar-refractivity contribution in [1.29, 1.82) is 0 Å². The maximum atomic E-state index is 12.1. The molecule has 1 atom stereocenters. The van der Waals surface area contributed by atoms with Crippen LogP contribution in [0.4, 0.5) is 0 Å². The first-order chi connectivity index (χ1) is 8.20. The quantitative estimate of drug-likeness (QED) is 0.862. The highest BCUT2D eigenvalue weighted by molar-refractivity contribution is 5.79. The number of nitrogens with zero attached hydrogens (tertiary/aromatic N) is 1. The molecule has 1 saturated heterocycles. The summed E-state index contributed by atoms with van der Waals surface area (Å²) in [5, 5.41) is 0. The number of hydrogen-bond acceptors (Lipinski definition) is 2. The topological polar surface area (TPSA) is 46.3 Å². The molecule has 1 heterocycles. The van der Waals surface area contributed by atoms with Gasteiger partial charge in [-0.25, -0.2) is 0 Å². The van der Waals surface area contributed by atoms with Crippen LogP contribution >= 0.6 is 0 Å². The van der Waals surface area contributed by atoms with Gasteiger partial charge in [-0.2, -0.15) is 0 Å². The molecular weight excluding hydrogens is 212 g/mol. The van der Waals surface area contributed by atoms with E-state index in [2.05, 4.69) is 6.92 Å². The zero-order valence-electron chi connectivity index (χ0n) is 10.4. The fraction of sp³-hybridized carbons (Fsp3) is 0.500. The normalized spacial score (nSPS) is 19.6. The van der Waals surface area contributed by atoms with E-state index in [4.69, 9.17) is 5.73 Å². The van der Waals surface area contributed by atoms with E-state index in [0.29, 0.717) is 19.0 Å². The zero-order chi connectivity index (χ0) is 12.3. The molecule has 1 aliphatic rings. The van der Waals surface area contributed by atoms with Gasteiger partial charge in [0.05, 0.1) is 6.42 Å². The summed E-state index contributed by atoms with van der Waals surface area (Å²) in [5.41, 5.74) is 7.73. The lowest BCUT2D eigenvalue weighted by Crippen LogP contribution is -2.34. The number of likely N-dealkylation sites (tertiary alicyclic amines) is 1. The standard InChI is InChI=1S/C14H20N2O/c1-11-3-2-8-16(11)14(17)9-12-4-6-13(10-15)7-5-12/h4-7,11H,2-3,8-10,15H2,1H3. The van der Waals surface area contributed by atoms with Crippen molar-refractivity contribution in [3.63, 3.8) is 0 Å². The van der Waals surface area contributed by atoms with E-state index in [1.54, 1.807) is 0 Å². The predicted octanol–water partition coefficient (Wildman–Crippen LogP) is 1.70. The Balaban J connectivity index is 1.97. The Kier molecular flexibility index (Phi) is 3.79. The van der Waals surface area contributed by atoms with Crippen LogP contribution in [-0.2, 0) is 17.8 Å². The number of carbonyl (C=O) groups excluding carboxylic acids is 1. The minimum absolute atomic E-state index is 0.246. The molecule has 1 aromatic rings. The van der Waals surface area contributed by atoms with Gasteiger partial charge in [0.25, 0.3) is 0 Å². The summed E-state index contributed by atoms with van der Waals surface area (Å²) in [6.45, 7) is 3.60. The lowest BCUT2D eigenvalue weighted by atomic mass is 10.1. The number of amides is 1. The van der Waals surface area contributed by atoms with Crippen molar-refractivity contribution in [2.24, 2.45) is 5.73 Å². The van der Waals surface area contributed by atoms with Crippen LogP contribution in [0.25, 0.3) is 0 Å². The third-order valence-electron chi connectivity index (χ3n) is 3.49. The first-order valence-electron chi connectivity index (χ1n) is 6.28. The molecule has 0 aliphatic carbocycles. The third-order valence-corrected chi connectivity index (χ3v) is 3.49. The maximum Gasteiger partial charge on any atom is 0.227 e. The highest BCUT2D eigenvalue weighted by Crippen LogP contribution is 2.18. The van der Waals surface area contributed by atoms with Gasteiger partial charge in [-0.1, -0.05) is 24.3 Å². The molecule has 2 rings (SSSR count). The zero-order valence-corrected chi connectivity index (χ0v) is 10.4. The summed E-state index contributed by atoms with van der Waals surface area (Å²) in [6.07, 6.45) is 2.78. The minimum Gasteiger partial charge on any atom is -0.340 e. The van der Waals surface area contributed by atoms with Gasteiger partial charge < -0.3 is 10.6 Å². The fourth-order valence-corrected chi connectivity index (χ4v) is 2.37. The smallest absolute Gasteiger partial charge is 0.227 e. The average molecular weight is 232 g/mol. The van der Waals surface area contributed by atoms with Crippen LogP contribution in [0, 0.1) is 0 Å². The molecular formula is C14H20N2O. The Morgan fingerprint density at radius 1 is 1.35 bits per heavy atom. The van der Waals surface area contributed by atoms with Gasteiger partial charge in [-0.15, -0.1) is 0 Å². The predicted molar refractivity (Wildman–Crippen MR) is 68.4 cm³/mol. The molecule has 3 heteroatoms. The van der Waals surface area contributed by atoms with Gasteiger partial charge in [0.1, 0.15) is 0 Å². The summed E-state index contributed by atoms with van der Waals surface area (Å²) in [5.74, 6) is 0.246. The monoisotopic (exact) mass is 232 g/mol. The van der Waals surface area contributed by atoms with Gasteiger partial charge in [0.2, 0.25) is 5.91 Å². The van der Waals surface area contributed by atoms with Crippen molar-refractivity contribution >= 4 is 5.91 Å². The molecule has 0 radical (unpaired) electrons. The second-order valence-electron chi connectivity index (χ2n) is 4.78. The van der Waals surface area contributed by atoms with Gasteiger partial charge in [0.15, 0.2) is 0 Å². The fourth-order valence-electron chi connectivity index (χ4n) is 2.37. The van der Waals surface area contributed by atoms with Crippen LogP contribution < -0.4 is 5.73 Å². The Morgan fingerprint density at radius 2 is 2.00 bits per heavy atom. The van der Waals surface area contributed by atoms with Crippen molar-refractivity contribution in [2.45, 2.75) is 38.8 Å². The molecule has 1 fully saturated rings. The third kappa shape index (κ3) is 2.86.